The molecule has 0 atom stereocenters. The van der Waals surface area contributed by atoms with Crippen LogP contribution in [0.2, 0.25) is 5.02 Å². The third-order valence-electron chi connectivity index (χ3n) is 2.98. The third-order valence-corrected chi connectivity index (χ3v) is 3.28. The smallest absolute Gasteiger partial charge is 0.137 e. The molecular weight excluding hydrogens is 224 g/mol. The number of phenolic OH excluding ortho intramolecular Hbond substituents is 1. The van der Waals surface area contributed by atoms with E-state index < -0.39 is 0 Å². The van der Waals surface area contributed by atoms with E-state index >= 15 is 0 Å². The highest BCUT2D eigenvalue weighted by Crippen LogP contribution is 2.27. The second-order valence-electron chi connectivity index (χ2n) is 4.09. The van der Waals surface area contributed by atoms with Crippen molar-refractivity contribution in [3.63, 3.8) is 0 Å². The fraction of sp³-hybridized carbons (Fsp3) is 0.500. The molecule has 1 aliphatic heterocycles. The fourth-order valence-corrected chi connectivity index (χ4v) is 2.17. The summed E-state index contributed by atoms with van der Waals surface area (Å²) in [6.45, 7) is 5.27. The lowest BCUT2D eigenvalue weighted by atomic mass is 10.1. The highest BCUT2D eigenvalue weighted by molar-refractivity contribution is 6.32. The maximum Gasteiger partial charge on any atom is 0.137 e. The Kier molecular flexibility index (Phi) is 4.04. The zero-order chi connectivity index (χ0) is 11.4. The first-order valence-corrected chi connectivity index (χ1v) is 6.04. The molecule has 0 radical (unpaired) electrons. The minimum atomic E-state index is 0.235. The number of nitrogens with zero attached hydrogens (tertiary/aromatic N) is 1. The number of nitrogens with one attached hydrogen (secondary N) is 1. The van der Waals surface area contributed by atoms with Crippen LogP contribution in [0.3, 0.4) is 0 Å². The average molecular weight is 241 g/mol. The van der Waals surface area contributed by atoms with Crippen LogP contribution in [0.15, 0.2) is 18.2 Å². The van der Waals surface area contributed by atoms with Crippen LogP contribution in [-0.2, 0) is 6.42 Å². The summed E-state index contributed by atoms with van der Waals surface area (Å²) in [4.78, 5) is 2.40. The summed E-state index contributed by atoms with van der Waals surface area (Å²) < 4.78 is 0. The van der Waals surface area contributed by atoms with Gasteiger partial charge in [0.25, 0.3) is 0 Å². The lowest BCUT2D eigenvalue weighted by Crippen LogP contribution is -2.44. The first-order valence-electron chi connectivity index (χ1n) is 5.67. The van der Waals surface area contributed by atoms with Gasteiger partial charge in [0.2, 0.25) is 0 Å². The lowest BCUT2D eigenvalue weighted by molar-refractivity contribution is 0.243. The zero-order valence-electron chi connectivity index (χ0n) is 9.25. The predicted molar refractivity (Wildman–Crippen MR) is 66.1 cm³/mol. The van der Waals surface area contributed by atoms with Gasteiger partial charge in [-0.3, -0.25) is 0 Å². The molecule has 1 aromatic carbocycles. The van der Waals surface area contributed by atoms with Crippen LogP contribution >= 0.6 is 11.6 Å². The summed E-state index contributed by atoms with van der Waals surface area (Å²) in [5, 5.41) is 13.5. The zero-order valence-corrected chi connectivity index (χ0v) is 10.0. The Labute approximate surface area is 101 Å². The summed E-state index contributed by atoms with van der Waals surface area (Å²) in [6, 6.07) is 5.53. The van der Waals surface area contributed by atoms with E-state index in [1.165, 1.54) is 0 Å². The molecule has 16 heavy (non-hydrogen) atoms. The van der Waals surface area contributed by atoms with E-state index in [1.54, 1.807) is 6.07 Å². The van der Waals surface area contributed by atoms with E-state index in [2.05, 4.69) is 10.2 Å². The number of aromatic hydroxyl groups is 1. The SMILES string of the molecule is Oc1c(Cl)cccc1CCN1CCNCC1. The minimum Gasteiger partial charge on any atom is -0.506 e. The number of para-hydroxylation sites is 1. The number of piperazine rings is 1. The Morgan fingerprint density at radius 2 is 2.06 bits per heavy atom. The molecule has 3 nitrogen and oxygen atoms in total. The van der Waals surface area contributed by atoms with E-state index in [0.29, 0.717) is 5.02 Å². The molecule has 4 heteroatoms. The fourth-order valence-electron chi connectivity index (χ4n) is 1.98. The van der Waals surface area contributed by atoms with Crippen molar-refractivity contribution in [2.24, 2.45) is 0 Å². The van der Waals surface area contributed by atoms with Crippen LogP contribution < -0.4 is 5.32 Å². The Morgan fingerprint density at radius 3 is 2.81 bits per heavy atom. The van der Waals surface area contributed by atoms with Crippen LogP contribution in [-0.4, -0.2) is 42.7 Å². The van der Waals surface area contributed by atoms with Crippen LogP contribution in [0.4, 0.5) is 0 Å². The van der Waals surface area contributed by atoms with E-state index in [4.69, 9.17) is 11.6 Å². The van der Waals surface area contributed by atoms with Crippen molar-refractivity contribution in [1.82, 2.24) is 10.2 Å². The summed E-state index contributed by atoms with van der Waals surface area (Å²) in [6.07, 6.45) is 0.854. The monoisotopic (exact) mass is 240 g/mol. The molecule has 88 valence electrons. The first-order chi connectivity index (χ1) is 7.77. The number of halogens is 1. The van der Waals surface area contributed by atoms with Crippen molar-refractivity contribution < 1.29 is 5.11 Å². The normalized spacial score (nSPS) is 17.6. The number of rotatable bonds is 3. The minimum absolute atomic E-state index is 0.235. The van der Waals surface area contributed by atoms with Gasteiger partial charge in [-0.05, 0) is 18.1 Å². The van der Waals surface area contributed by atoms with Gasteiger partial charge in [-0.1, -0.05) is 23.7 Å². The molecule has 2 rings (SSSR count). The van der Waals surface area contributed by atoms with Gasteiger partial charge in [0.1, 0.15) is 5.75 Å². The molecule has 1 aliphatic rings. The molecule has 1 fully saturated rings. The molecule has 2 N–H and O–H groups in total. The first kappa shape index (κ1) is 11.7. The van der Waals surface area contributed by atoms with Crippen LogP contribution in [0.1, 0.15) is 5.56 Å². The molecule has 1 aromatic rings. The number of hydrogen-bond donors (Lipinski definition) is 2. The van der Waals surface area contributed by atoms with Crippen molar-refractivity contribution in [3.8, 4) is 5.75 Å². The van der Waals surface area contributed by atoms with Gasteiger partial charge < -0.3 is 15.3 Å². The molecule has 1 saturated heterocycles. The van der Waals surface area contributed by atoms with E-state index in [9.17, 15) is 5.11 Å². The summed E-state index contributed by atoms with van der Waals surface area (Å²) >= 11 is 5.86. The van der Waals surface area contributed by atoms with Gasteiger partial charge in [-0.25, -0.2) is 0 Å². The standard InChI is InChI=1S/C12H17ClN2O/c13-11-3-1-2-10(12(11)16)4-7-15-8-5-14-6-9-15/h1-3,14,16H,4-9H2. The summed E-state index contributed by atoms with van der Waals surface area (Å²) in [7, 11) is 0. The third kappa shape index (κ3) is 2.88. The van der Waals surface area contributed by atoms with Crippen LogP contribution in [0.25, 0.3) is 0 Å². The molecule has 0 bridgehead atoms. The largest absolute Gasteiger partial charge is 0.506 e. The molecule has 0 unspecified atom stereocenters. The Hall–Kier alpha value is -0.770. The van der Waals surface area contributed by atoms with Crippen molar-refractivity contribution in [2.45, 2.75) is 6.42 Å². The highest BCUT2D eigenvalue weighted by atomic mass is 35.5. The Bertz CT molecular complexity index is 351. The second-order valence-corrected chi connectivity index (χ2v) is 4.50. The number of phenols is 1. The quantitative estimate of drug-likeness (QED) is 0.841. The molecule has 0 aliphatic carbocycles. The van der Waals surface area contributed by atoms with Crippen molar-refractivity contribution >= 4 is 11.6 Å². The van der Waals surface area contributed by atoms with Crippen LogP contribution in [0.5, 0.6) is 5.75 Å². The predicted octanol–water partition coefficient (Wildman–Crippen LogP) is 1.49. The van der Waals surface area contributed by atoms with E-state index in [1.807, 2.05) is 12.1 Å². The molecule has 0 aromatic heterocycles. The van der Waals surface area contributed by atoms with Crippen molar-refractivity contribution in [3.05, 3.63) is 28.8 Å². The topological polar surface area (TPSA) is 35.5 Å². The van der Waals surface area contributed by atoms with Crippen LogP contribution in [0, 0.1) is 0 Å². The van der Waals surface area contributed by atoms with Gasteiger partial charge in [0, 0.05) is 32.7 Å². The maximum absolute atomic E-state index is 9.76. The molecule has 0 saturated carbocycles. The van der Waals surface area contributed by atoms with Crippen molar-refractivity contribution in [1.29, 1.82) is 0 Å². The second kappa shape index (κ2) is 5.53. The molecular formula is C12H17ClN2O. The van der Waals surface area contributed by atoms with Gasteiger partial charge >= 0.3 is 0 Å². The van der Waals surface area contributed by atoms with Gasteiger partial charge in [-0.15, -0.1) is 0 Å². The Balaban J connectivity index is 1.91. The average Bonchev–Trinajstić information content (AvgIpc) is 2.32. The van der Waals surface area contributed by atoms with Gasteiger partial charge in [0.05, 0.1) is 5.02 Å². The molecule has 0 spiro atoms. The summed E-state index contributed by atoms with van der Waals surface area (Å²) in [5.41, 5.74) is 0.936. The molecule has 0 amide bonds. The lowest BCUT2D eigenvalue weighted by Gasteiger charge is -2.27. The van der Waals surface area contributed by atoms with Crippen molar-refractivity contribution in [2.75, 3.05) is 32.7 Å². The summed E-state index contributed by atoms with van der Waals surface area (Å²) in [5.74, 6) is 0.235. The van der Waals surface area contributed by atoms with E-state index in [0.717, 1.165) is 44.7 Å². The number of hydrogen-bond acceptors (Lipinski definition) is 3. The van der Waals surface area contributed by atoms with Gasteiger partial charge in [-0.2, -0.15) is 0 Å². The number of benzene rings is 1. The van der Waals surface area contributed by atoms with E-state index in [-0.39, 0.29) is 5.75 Å². The molecule has 1 heterocycles. The highest BCUT2D eigenvalue weighted by Gasteiger charge is 2.11. The van der Waals surface area contributed by atoms with Gasteiger partial charge in [0.15, 0.2) is 0 Å². The Morgan fingerprint density at radius 1 is 1.31 bits per heavy atom. The maximum atomic E-state index is 9.76.